The molecule has 0 amide bonds. The fraction of sp³-hybridized carbons (Fsp3) is 0.250. The van der Waals surface area contributed by atoms with Crippen molar-refractivity contribution in [1.29, 1.82) is 0 Å². The van der Waals surface area contributed by atoms with Gasteiger partial charge in [0.2, 0.25) is 0 Å². The van der Waals surface area contributed by atoms with E-state index in [1.165, 1.54) is 32.0 Å². The van der Waals surface area contributed by atoms with Crippen molar-refractivity contribution in [1.82, 2.24) is 0 Å². The third-order valence-electron chi connectivity index (χ3n) is 1.78. The van der Waals surface area contributed by atoms with Gasteiger partial charge in [-0.1, -0.05) is 0 Å². The zero-order chi connectivity index (χ0) is 14.4. The molecule has 0 radical (unpaired) electrons. The number of hydrogen-bond donors (Lipinski definition) is 1. The monoisotopic (exact) mass is 268 g/mol. The highest BCUT2D eigenvalue weighted by atomic mass is 16.6. The Bertz CT molecular complexity index is 507. The maximum atomic E-state index is 10.9. The number of carbonyl (C=O) groups excluding carboxylic acids is 2. The lowest BCUT2D eigenvalue weighted by Crippen LogP contribution is -2.10. The van der Waals surface area contributed by atoms with Crippen molar-refractivity contribution >= 4 is 17.9 Å². The number of hydrogen-bond acceptors (Lipinski definition) is 6. The van der Waals surface area contributed by atoms with Gasteiger partial charge in [0.15, 0.2) is 18.1 Å². The van der Waals surface area contributed by atoms with Crippen molar-refractivity contribution in [2.45, 2.75) is 13.8 Å². The molecule has 0 unspecified atom stereocenters. The maximum Gasteiger partial charge on any atom is 0.341 e. The lowest BCUT2D eigenvalue weighted by molar-refractivity contribution is -0.139. The molecule has 0 spiro atoms. The van der Waals surface area contributed by atoms with Gasteiger partial charge in [0.05, 0.1) is 0 Å². The van der Waals surface area contributed by atoms with Gasteiger partial charge in [0, 0.05) is 19.9 Å². The van der Waals surface area contributed by atoms with Crippen LogP contribution in [-0.2, 0) is 14.4 Å². The number of esters is 2. The topological polar surface area (TPSA) is 99.1 Å². The van der Waals surface area contributed by atoms with Crippen LogP contribution < -0.4 is 14.2 Å². The average Bonchev–Trinajstić information content (AvgIpc) is 2.28. The third-order valence-corrected chi connectivity index (χ3v) is 1.78. The van der Waals surface area contributed by atoms with Crippen molar-refractivity contribution in [2.24, 2.45) is 0 Å². The Kier molecular flexibility index (Phi) is 4.87. The largest absolute Gasteiger partial charge is 0.482 e. The standard InChI is InChI=1S/C12H12O7/c1-7(13)18-10-4-3-9(17-6-12(15)16)5-11(10)19-8(2)14/h3-5H,6H2,1-2H3,(H,15,16). The first-order valence-electron chi connectivity index (χ1n) is 5.24. The van der Waals surface area contributed by atoms with Gasteiger partial charge in [-0.25, -0.2) is 4.79 Å². The molecular formula is C12H12O7. The lowest BCUT2D eigenvalue weighted by Gasteiger charge is -2.10. The second-order valence-corrected chi connectivity index (χ2v) is 3.48. The molecule has 0 saturated carbocycles. The Balaban J connectivity index is 2.96. The molecule has 0 aliphatic heterocycles. The molecule has 102 valence electrons. The molecule has 7 heteroatoms. The molecular weight excluding hydrogens is 256 g/mol. The van der Waals surface area contributed by atoms with Crippen LogP contribution in [0.4, 0.5) is 0 Å². The van der Waals surface area contributed by atoms with Gasteiger partial charge in [0.1, 0.15) is 5.75 Å². The second-order valence-electron chi connectivity index (χ2n) is 3.48. The van der Waals surface area contributed by atoms with Crippen molar-refractivity contribution in [3.8, 4) is 17.2 Å². The van der Waals surface area contributed by atoms with Gasteiger partial charge in [-0.15, -0.1) is 0 Å². The minimum atomic E-state index is -1.14. The second kappa shape index (κ2) is 6.39. The number of benzene rings is 1. The van der Waals surface area contributed by atoms with Gasteiger partial charge < -0.3 is 19.3 Å². The molecule has 0 aliphatic carbocycles. The van der Waals surface area contributed by atoms with E-state index in [1.807, 2.05) is 0 Å². The fourth-order valence-corrected chi connectivity index (χ4v) is 1.20. The molecule has 7 nitrogen and oxygen atoms in total. The molecule has 1 rings (SSSR count). The molecule has 0 aromatic heterocycles. The average molecular weight is 268 g/mol. The Morgan fingerprint density at radius 3 is 2.16 bits per heavy atom. The number of rotatable bonds is 5. The zero-order valence-electron chi connectivity index (χ0n) is 10.3. The predicted octanol–water partition coefficient (Wildman–Crippen LogP) is 1.00. The van der Waals surface area contributed by atoms with E-state index >= 15 is 0 Å². The van der Waals surface area contributed by atoms with Crippen LogP contribution in [0.5, 0.6) is 17.2 Å². The smallest absolute Gasteiger partial charge is 0.341 e. The van der Waals surface area contributed by atoms with Crippen LogP contribution in [0.25, 0.3) is 0 Å². The van der Waals surface area contributed by atoms with E-state index < -0.39 is 24.5 Å². The van der Waals surface area contributed by atoms with Crippen LogP contribution in [0.3, 0.4) is 0 Å². The highest BCUT2D eigenvalue weighted by molar-refractivity contribution is 5.74. The van der Waals surface area contributed by atoms with E-state index in [0.29, 0.717) is 0 Å². The van der Waals surface area contributed by atoms with Gasteiger partial charge in [-0.05, 0) is 12.1 Å². The summed E-state index contributed by atoms with van der Waals surface area (Å²) in [4.78, 5) is 32.2. The first kappa shape index (κ1) is 14.5. The van der Waals surface area contributed by atoms with Crippen LogP contribution >= 0.6 is 0 Å². The summed E-state index contributed by atoms with van der Waals surface area (Å²) in [7, 11) is 0. The van der Waals surface area contributed by atoms with E-state index in [2.05, 4.69) is 0 Å². The molecule has 1 aromatic carbocycles. The van der Waals surface area contributed by atoms with E-state index in [0.717, 1.165) is 0 Å². The SMILES string of the molecule is CC(=O)Oc1ccc(OCC(=O)O)cc1OC(C)=O. The van der Waals surface area contributed by atoms with Crippen LogP contribution in [0.1, 0.15) is 13.8 Å². The third kappa shape index (κ3) is 5.07. The van der Waals surface area contributed by atoms with E-state index in [-0.39, 0.29) is 17.2 Å². The van der Waals surface area contributed by atoms with Crippen LogP contribution in [0.2, 0.25) is 0 Å². The van der Waals surface area contributed by atoms with Gasteiger partial charge >= 0.3 is 17.9 Å². The number of aliphatic carboxylic acids is 1. The van der Waals surface area contributed by atoms with E-state index in [4.69, 9.17) is 19.3 Å². The Morgan fingerprint density at radius 1 is 1.05 bits per heavy atom. The van der Waals surface area contributed by atoms with Gasteiger partial charge in [-0.3, -0.25) is 9.59 Å². The van der Waals surface area contributed by atoms with Crippen molar-refractivity contribution < 1.29 is 33.7 Å². The normalized spacial score (nSPS) is 9.58. The predicted molar refractivity (Wildman–Crippen MR) is 62.2 cm³/mol. The highest BCUT2D eigenvalue weighted by Gasteiger charge is 2.12. The first-order chi connectivity index (χ1) is 8.88. The summed E-state index contributed by atoms with van der Waals surface area (Å²) in [6, 6.07) is 4.01. The van der Waals surface area contributed by atoms with Crippen LogP contribution in [0.15, 0.2) is 18.2 Å². The van der Waals surface area contributed by atoms with E-state index in [9.17, 15) is 14.4 Å². The molecule has 0 saturated heterocycles. The minimum Gasteiger partial charge on any atom is -0.482 e. The molecule has 1 N–H and O–H groups in total. The first-order valence-corrected chi connectivity index (χ1v) is 5.24. The number of carbonyl (C=O) groups is 3. The Morgan fingerprint density at radius 2 is 1.63 bits per heavy atom. The summed E-state index contributed by atoms with van der Waals surface area (Å²) >= 11 is 0. The summed E-state index contributed by atoms with van der Waals surface area (Å²) in [5.41, 5.74) is 0. The maximum absolute atomic E-state index is 10.9. The summed E-state index contributed by atoms with van der Waals surface area (Å²) in [6.45, 7) is 1.85. The zero-order valence-corrected chi connectivity index (χ0v) is 10.3. The summed E-state index contributed by atoms with van der Waals surface area (Å²) < 4.78 is 14.6. The number of carboxylic acid groups (broad SMARTS) is 1. The highest BCUT2D eigenvalue weighted by Crippen LogP contribution is 2.31. The van der Waals surface area contributed by atoms with Gasteiger partial charge in [-0.2, -0.15) is 0 Å². The quantitative estimate of drug-likeness (QED) is 0.628. The van der Waals surface area contributed by atoms with Crippen molar-refractivity contribution in [3.05, 3.63) is 18.2 Å². The fourth-order valence-electron chi connectivity index (χ4n) is 1.20. The van der Waals surface area contributed by atoms with Gasteiger partial charge in [0.25, 0.3) is 0 Å². The summed E-state index contributed by atoms with van der Waals surface area (Å²) in [5, 5.41) is 8.48. The minimum absolute atomic E-state index is 0.0226. The molecule has 0 heterocycles. The lowest BCUT2D eigenvalue weighted by atomic mass is 10.3. The van der Waals surface area contributed by atoms with Crippen LogP contribution in [0, 0.1) is 0 Å². The molecule has 0 bridgehead atoms. The number of ether oxygens (including phenoxy) is 3. The van der Waals surface area contributed by atoms with Crippen LogP contribution in [-0.4, -0.2) is 29.6 Å². The number of carboxylic acids is 1. The van der Waals surface area contributed by atoms with Crippen molar-refractivity contribution in [2.75, 3.05) is 6.61 Å². The molecule has 0 fully saturated rings. The summed E-state index contributed by atoms with van der Waals surface area (Å²) in [5.74, 6) is -2.12. The molecule has 1 aromatic rings. The Labute approximate surface area is 108 Å². The molecule has 0 atom stereocenters. The molecule has 0 aliphatic rings. The summed E-state index contributed by atoms with van der Waals surface area (Å²) in [6.07, 6.45) is 0. The van der Waals surface area contributed by atoms with Crippen molar-refractivity contribution in [3.63, 3.8) is 0 Å². The Hall–Kier alpha value is -2.57. The molecule has 19 heavy (non-hydrogen) atoms. The van der Waals surface area contributed by atoms with E-state index in [1.54, 1.807) is 0 Å².